The van der Waals surface area contributed by atoms with E-state index in [1.54, 1.807) is 20.3 Å². The number of nitrogens with one attached hydrogen (secondary N) is 2. The lowest BCUT2D eigenvalue weighted by Gasteiger charge is -2.50. The number of nitrogens with zero attached hydrogens (tertiary/aromatic N) is 1. The van der Waals surface area contributed by atoms with Gasteiger partial charge in [-0.3, -0.25) is 14.5 Å². The van der Waals surface area contributed by atoms with E-state index in [4.69, 9.17) is 14.2 Å². The van der Waals surface area contributed by atoms with Crippen LogP contribution in [-0.2, 0) is 27.3 Å². The normalized spacial score (nSPS) is 21.9. The highest BCUT2D eigenvalue weighted by Gasteiger charge is 2.41. The van der Waals surface area contributed by atoms with Gasteiger partial charge in [0.25, 0.3) is 0 Å². The summed E-state index contributed by atoms with van der Waals surface area (Å²) < 4.78 is 16.2. The molecule has 0 spiro atoms. The van der Waals surface area contributed by atoms with Gasteiger partial charge in [-0.2, -0.15) is 0 Å². The minimum absolute atomic E-state index is 0.0610. The van der Waals surface area contributed by atoms with Crippen molar-refractivity contribution in [2.24, 2.45) is 0 Å². The van der Waals surface area contributed by atoms with Crippen molar-refractivity contribution in [1.82, 2.24) is 15.5 Å². The van der Waals surface area contributed by atoms with Crippen LogP contribution in [0.15, 0.2) is 48.5 Å². The largest absolute Gasteiger partial charge is 0.497 e. The van der Waals surface area contributed by atoms with Crippen LogP contribution < -0.4 is 20.1 Å². The van der Waals surface area contributed by atoms with E-state index in [0.29, 0.717) is 18.0 Å². The first-order chi connectivity index (χ1) is 18.5. The van der Waals surface area contributed by atoms with Crippen molar-refractivity contribution in [3.8, 4) is 11.5 Å². The number of carbonyl (C=O) groups excluding carboxylic acids is 2. The van der Waals surface area contributed by atoms with Crippen molar-refractivity contribution in [3.05, 3.63) is 59.7 Å². The Morgan fingerprint density at radius 1 is 0.974 bits per heavy atom. The number of morpholine rings is 1. The Balaban J connectivity index is 1.23. The van der Waals surface area contributed by atoms with E-state index in [9.17, 15) is 9.59 Å². The number of amides is 2. The van der Waals surface area contributed by atoms with E-state index in [-0.39, 0.29) is 36.2 Å². The predicted molar refractivity (Wildman–Crippen MR) is 146 cm³/mol. The van der Waals surface area contributed by atoms with Gasteiger partial charge in [0.1, 0.15) is 11.5 Å². The van der Waals surface area contributed by atoms with Crippen LogP contribution in [0.3, 0.4) is 0 Å². The molecular formula is C30H41N3O5. The topological polar surface area (TPSA) is 89.1 Å². The molecule has 1 saturated heterocycles. The second-order valence-corrected chi connectivity index (χ2v) is 10.3. The molecule has 2 aromatic carbocycles. The summed E-state index contributed by atoms with van der Waals surface area (Å²) in [7, 11) is 3.18. The molecule has 38 heavy (non-hydrogen) atoms. The lowest BCUT2D eigenvalue weighted by atomic mass is 9.74. The molecule has 0 bridgehead atoms. The van der Waals surface area contributed by atoms with Gasteiger partial charge in [0.15, 0.2) is 0 Å². The molecule has 1 aliphatic carbocycles. The third-order valence-corrected chi connectivity index (χ3v) is 7.89. The summed E-state index contributed by atoms with van der Waals surface area (Å²) in [6.45, 7) is 3.82. The lowest BCUT2D eigenvalue weighted by molar-refractivity contribution is -0.127. The molecule has 0 atom stereocenters. The number of rotatable bonds is 11. The smallest absolute Gasteiger partial charge is 0.220 e. The maximum atomic E-state index is 12.7. The molecule has 1 aliphatic heterocycles. The van der Waals surface area contributed by atoms with Gasteiger partial charge in [-0.15, -0.1) is 0 Å². The molecule has 2 aromatic rings. The summed E-state index contributed by atoms with van der Waals surface area (Å²) in [6.07, 6.45) is 5.32. The van der Waals surface area contributed by atoms with Crippen LogP contribution in [-0.4, -0.2) is 68.8 Å². The lowest BCUT2D eigenvalue weighted by Crippen LogP contribution is -2.58. The van der Waals surface area contributed by atoms with Gasteiger partial charge in [0, 0.05) is 55.7 Å². The van der Waals surface area contributed by atoms with Gasteiger partial charge in [0.05, 0.1) is 27.4 Å². The monoisotopic (exact) mass is 523 g/mol. The highest BCUT2D eigenvalue weighted by atomic mass is 16.5. The maximum absolute atomic E-state index is 12.7. The third-order valence-electron chi connectivity index (χ3n) is 7.89. The Labute approximate surface area is 226 Å². The van der Waals surface area contributed by atoms with Crippen LogP contribution >= 0.6 is 0 Å². The first kappa shape index (κ1) is 27.9. The number of ether oxygens (including phenoxy) is 3. The molecule has 1 heterocycles. The fraction of sp³-hybridized carbons (Fsp3) is 0.533. The zero-order valence-corrected chi connectivity index (χ0v) is 22.7. The summed E-state index contributed by atoms with van der Waals surface area (Å²) >= 11 is 0. The van der Waals surface area contributed by atoms with Crippen LogP contribution in [0.4, 0.5) is 0 Å². The van der Waals surface area contributed by atoms with Gasteiger partial charge in [-0.1, -0.05) is 30.3 Å². The molecule has 2 aliphatic rings. The van der Waals surface area contributed by atoms with Crippen molar-refractivity contribution in [1.29, 1.82) is 0 Å². The molecule has 8 heteroatoms. The minimum atomic E-state index is -0.157. The predicted octanol–water partition coefficient (Wildman–Crippen LogP) is 3.47. The van der Waals surface area contributed by atoms with Gasteiger partial charge >= 0.3 is 0 Å². The Morgan fingerprint density at radius 2 is 1.68 bits per heavy atom. The van der Waals surface area contributed by atoms with E-state index in [1.807, 2.05) is 12.1 Å². The highest BCUT2D eigenvalue weighted by Crippen LogP contribution is 2.37. The average molecular weight is 524 g/mol. The van der Waals surface area contributed by atoms with Crippen LogP contribution in [0.2, 0.25) is 0 Å². The molecule has 8 nitrogen and oxygen atoms in total. The molecule has 2 amide bonds. The Morgan fingerprint density at radius 3 is 2.37 bits per heavy atom. The van der Waals surface area contributed by atoms with Gasteiger partial charge in [-0.05, 0) is 49.8 Å². The Hall–Kier alpha value is -3.10. The van der Waals surface area contributed by atoms with Crippen LogP contribution in [0.1, 0.15) is 49.7 Å². The molecule has 206 valence electrons. The van der Waals surface area contributed by atoms with Crippen LogP contribution in [0.25, 0.3) is 0 Å². The standard InChI is InChI=1S/C30H41N3O5/c1-36-26-9-8-24(27(20-26)37-2)22-31-28(34)10-11-29(35)32-25-12-14-30(15-13-25,33-16-18-38-19-17-33)21-23-6-4-3-5-7-23/h3-9,20,25H,10-19,21-22H2,1-2H3,(H,31,34)(H,32,35). The highest BCUT2D eigenvalue weighted by molar-refractivity contribution is 5.83. The van der Waals surface area contributed by atoms with E-state index in [0.717, 1.165) is 64.0 Å². The summed E-state index contributed by atoms with van der Waals surface area (Å²) in [5.41, 5.74) is 2.32. The van der Waals surface area contributed by atoms with Crippen molar-refractivity contribution in [3.63, 3.8) is 0 Å². The molecule has 0 unspecified atom stereocenters. The second kappa shape index (κ2) is 13.6. The number of benzene rings is 2. The molecule has 1 saturated carbocycles. The van der Waals surface area contributed by atoms with Crippen LogP contribution in [0.5, 0.6) is 11.5 Å². The van der Waals surface area contributed by atoms with Gasteiger partial charge in [0.2, 0.25) is 11.8 Å². The van der Waals surface area contributed by atoms with Crippen molar-refractivity contribution in [2.45, 2.75) is 63.1 Å². The summed E-state index contributed by atoms with van der Waals surface area (Å²) in [5, 5.41) is 6.07. The van der Waals surface area contributed by atoms with E-state index >= 15 is 0 Å². The molecule has 2 fully saturated rings. The van der Waals surface area contributed by atoms with Gasteiger partial charge < -0.3 is 24.8 Å². The van der Waals surface area contributed by atoms with Crippen molar-refractivity contribution < 1.29 is 23.8 Å². The molecule has 0 aromatic heterocycles. The zero-order chi connectivity index (χ0) is 26.8. The van der Waals surface area contributed by atoms with Crippen molar-refractivity contribution >= 4 is 11.8 Å². The quantitative estimate of drug-likeness (QED) is 0.469. The zero-order valence-electron chi connectivity index (χ0n) is 22.7. The number of carbonyl (C=O) groups is 2. The Bertz CT molecular complexity index is 1050. The number of hydrogen-bond acceptors (Lipinski definition) is 6. The fourth-order valence-corrected chi connectivity index (χ4v) is 5.72. The molecule has 4 rings (SSSR count). The summed E-state index contributed by atoms with van der Waals surface area (Å²) in [4.78, 5) is 27.7. The van der Waals surface area contributed by atoms with Crippen molar-refractivity contribution in [2.75, 3.05) is 40.5 Å². The molecular weight excluding hydrogens is 482 g/mol. The first-order valence-corrected chi connectivity index (χ1v) is 13.6. The minimum Gasteiger partial charge on any atom is -0.497 e. The number of hydrogen-bond donors (Lipinski definition) is 2. The average Bonchev–Trinajstić information content (AvgIpc) is 2.97. The maximum Gasteiger partial charge on any atom is 0.220 e. The summed E-state index contributed by atoms with van der Waals surface area (Å²) in [5.74, 6) is 1.13. The molecule has 2 N–H and O–H groups in total. The number of methoxy groups -OCH3 is 2. The third kappa shape index (κ3) is 7.48. The second-order valence-electron chi connectivity index (χ2n) is 10.3. The Kier molecular flexibility index (Phi) is 10.0. The SMILES string of the molecule is COc1ccc(CNC(=O)CCC(=O)NC2CCC(Cc3ccccc3)(N3CCOCC3)CC2)c(OC)c1. The summed E-state index contributed by atoms with van der Waals surface area (Å²) in [6, 6.07) is 16.3. The van der Waals surface area contributed by atoms with E-state index < -0.39 is 0 Å². The van der Waals surface area contributed by atoms with Crippen LogP contribution in [0, 0.1) is 0 Å². The molecule has 0 radical (unpaired) electrons. The van der Waals surface area contributed by atoms with Gasteiger partial charge in [-0.25, -0.2) is 0 Å². The first-order valence-electron chi connectivity index (χ1n) is 13.6. The van der Waals surface area contributed by atoms with E-state index in [1.165, 1.54) is 5.56 Å². The fourth-order valence-electron chi connectivity index (χ4n) is 5.72. The van der Waals surface area contributed by atoms with E-state index in [2.05, 4.69) is 45.9 Å².